The second kappa shape index (κ2) is 7.34. The molecule has 0 aromatic heterocycles. The van der Waals surface area contributed by atoms with Gasteiger partial charge in [0.15, 0.2) is 0 Å². The van der Waals surface area contributed by atoms with Gasteiger partial charge < -0.3 is 0 Å². The zero-order chi connectivity index (χ0) is 13.5. The van der Waals surface area contributed by atoms with E-state index in [-0.39, 0.29) is 11.1 Å². The van der Waals surface area contributed by atoms with E-state index in [9.17, 15) is 0 Å². The lowest BCUT2D eigenvalue weighted by atomic mass is 10.1. The Balaban J connectivity index is 4.23. The summed E-state index contributed by atoms with van der Waals surface area (Å²) >= 11 is 0. The van der Waals surface area contributed by atoms with E-state index in [4.69, 9.17) is 9.46 Å². The fourth-order valence-electron chi connectivity index (χ4n) is 1.14. The van der Waals surface area contributed by atoms with Crippen molar-refractivity contribution in [2.75, 3.05) is 0 Å². The van der Waals surface area contributed by atoms with Crippen molar-refractivity contribution in [2.45, 2.75) is 77.6 Å². The molecule has 0 amide bonds. The van der Waals surface area contributed by atoms with Gasteiger partial charge in [-0.1, -0.05) is 46.6 Å². The standard InChI is InChI=1S/C14H30O2Si/c1-8-10-12-13(11-9-2)15-16-17(6,7)14(3,4)5/h9,13H,2,8,10-12H2,1,3-7H3. The van der Waals surface area contributed by atoms with Crippen LogP contribution in [0.4, 0.5) is 0 Å². The Bertz CT molecular complexity index is 219. The molecule has 0 aliphatic carbocycles. The first-order valence-corrected chi connectivity index (χ1v) is 9.60. The fourth-order valence-corrected chi connectivity index (χ4v) is 1.76. The monoisotopic (exact) mass is 258 g/mol. The van der Waals surface area contributed by atoms with E-state index >= 15 is 0 Å². The first-order chi connectivity index (χ1) is 7.74. The lowest BCUT2D eigenvalue weighted by molar-refractivity contribution is -0.258. The first kappa shape index (κ1) is 16.9. The SMILES string of the molecule is C=CCC(CCCC)OO[Si](C)(C)C(C)(C)C. The molecule has 1 unspecified atom stereocenters. The van der Waals surface area contributed by atoms with Gasteiger partial charge in [-0.05, 0) is 31.0 Å². The Labute approximate surface area is 108 Å². The Kier molecular flexibility index (Phi) is 7.29. The van der Waals surface area contributed by atoms with E-state index < -0.39 is 8.32 Å². The van der Waals surface area contributed by atoms with Crippen molar-refractivity contribution in [3.05, 3.63) is 12.7 Å². The molecule has 0 aromatic carbocycles. The van der Waals surface area contributed by atoms with Crippen LogP contribution >= 0.6 is 0 Å². The molecule has 0 spiro atoms. The fraction of sp³-hybridized carbons (Fsp3) is 0.857. The maximum absolute atomic E-state index is 5.80. The summed E-state index contributed by atoms with van der Waals surface area (Å²) < 4.78 is 5.80. The molecule has 102 valence electrons. The normalized spacial score (nSPS) is 14.7. The largest absolute Gasteiger partial charge is 0.286 e. The quantitative estimate of drug-likeness (QED) is 0.262. The van der Waals surface area contributed by atoms with Gasteiger partial charge in [-0.2, -0.15) is 0 Å². The van der Waals surface area contributed by atoms with Crippen molar-refractivity contribution in [3.8, 4) is 0 Å². The molecular weight excluding hydrogens is 228 g/mol. The lowest BCUT2D eigenvalue weighted by Crippen LogP contribution is -2.41. The molecule has 3 heteroatoms. The van der Waals surface area contributed by atoms with E-state index in [1.54, 1.807) is 0 Å². The molecule has 0 saturated carbocycles. The summed E-state index contributed by atoms with van der Waals surface area (Å²) in [6.07, 6.45) is 6.37. The van der Waals surface area contributed by atoms with Crippen LogP contribution in [0.15, 0.2) is 12.7 Å². The van der Waals surface area contributed by atoms with Crippen molar-refractivity contribution in [2.24, 2.45) is 0 Å². The van der Waals surface area contributed by atoms with Gasteiger partial charge in [0.25, 0.3) is 0 Å². The molecule has 0 aromatic rings. The van der Waals surface area contributed by atoms with Crippen molar-refractivity contribution in [3.63, 3.8) is 0 Å². The minimum absolute atomic E-state index is 0.168. The topological polar surface area (TPSA) is 18.5 Å². The lowest BCUT2D eigenvalue weighted by Gasteiger charge is -2.35. The molecule has 0 radical (unpaired) electrons. The summed E-state index contributed by atoms with van der Waals surface area (Å²) in [7, 11) is -1.79. The van der Waals surface area contributed by atoms with Crippen LogP contribution in [-0.2, 0) is 9.46 Å². The van der Waals surface area contributed by atoms with Crippen LogP contribution in [0.25, 0.3) is 0 Å². The van der Waals surface area contributed by atoms with Gasteiger partial charge in [0, 0.05) is 0 Å². The molecule has 0 aliphatic heterocycles. The third-order valence-corrected chi connectivity index (χ3v) is 7.63. The highest BCUT2D eigenvalue weighted by Crippen LogP contribution is 2.37. The van der Waals surface area contributed by atoms with E-state index in [0.717, 1.165) is 12.8 Å². The summed E-state index contributed by atoms with van der Waals surface area (Å²) in [4.78, 5) is 5.67. The smallest absolute Gasteiger partial charge is 0.238 e. The summed E-state index contributed by atoms with van der Waals surface area (Å²) in [5, 5.41) is 0.191. The van der Waals surface area contributed by atoms with Gasteiger partial charge >= 0.3 is 0 Å². The highest BCUT2D eigenvalue weighted by Gasteiger charge is 2.39. The molecule has 0 N–H and O–H groups in total. The van der Waals surface area contributed by atoms with Crippen molar-refractivity contribution < 1.29 is 9.46 Å². The predicted octanol–water partition coefficient (Wildman–Crippen LogP) is 5.07. The molecule has 0 heterocycles. The molecular formula is C14H30O2Si. The molecule has 0 saturated heterocycles. The molecule has 0 bridgehead atoms. The van der Waals surface area contributed by atoms with Crippen LogP contribution in [0.3, 0.4) is 0 Å². The molecule has 2 nitrogen and oxygen atoms in total. The van der Waals surface area contributed by atoms with Crippen LogP contribution < -0.4 is 0 Å². The van der Waals surface area contributed by atoms with Crippen LogP contribution in [0.1, 0.15) is 53.4 Å². The van der Waals surface area contributed by atoms with Gasteiger partial charge in [0.1, 0.15) is 0 Å². The Morgan fingerprint density at radius 2 is 1.88 bits per heavy atom. The summed E-state index contributed by atoms with van der Waals surface area (Å²) in [6, 6.07) is 0. The number of unbranched alkanes of at least 4 members (excludes halogenated alkanes) is 1. The average Bonchev–Trinajstić information content (AvgIpc) is 2.20. The van der Waals surface area contributed by atoms with E-state index in [2.05, 4.69) is 47.4 Å². The van der Waals surface area contributed by atoms with Gasteiger partial charge in [-0.25, -0.2) is 4.89 Å². The van der Waals surface area contributed by atoms with Crippen molar-refractivity contribution >= 4 is 8.32 Å². The zero-order valence-electron chi connectivity index (χ0n) is 12.5. The second-order valence-electron chi connectivity index (χ2n) is 6.23. The summed E-state index contributed by atoms with van der Waals surface area (Å²) in [5.74, 6) is 0. The van der Waals surface area contributed by atoms with Crippen LogP contribution in [0.2, 0.25) is 18.1 Å². The number of hydrogen-bond donors (Lipinski definition) is 0. The Hall–Kier alpha value is -0.123. The Morgan fingerprint density at radius 3 is 2.29 bits per heavy atom. The van der Waals surface area contributed by atoms with E-state index in [1.165, 1.54) is 12.8 Å². The highest BCUT2D eigenvalue weighted by atomic mass is 28.4. The Morgan fingerprint density at radius 1 is 1.29 bits per heavy atom. The second-order valence-corrected chi connectivity index (χ2v) is 10.9. The van der Waals surface area contributed by atoms with Crippen molar-refractivity contribution in [1.82, 2.24) is 0 Å². The van der Waals surface area contributed by atoms with E-state index in [1.807, 2.05) is 6.08 Å². The molecule has 17 heavy (non-hydrogen) atoms. The zero-order valence-corrected chi connectivity index (χ0v) is 13.5. The average molecular weight is 258 g/mol. The predicted molar refractivity (Wildman–Crippen MR) is 77.5 cm³/mol. The maximum Gasteiger partial charge on any atom is 0.238 e. The minimum Gasteiger partial charge on any atom is -0.286 e. The molecule has 0 aliphatic rings. The summed E-state index contributed by atoms with van der Waals surface area (Å²) in [6.45, 7) is 17.0. The maximum atomic E-state index is 5.80. The highest BCUT2D eigenvalue weighted by molar-refractivity contribution is 6.73. The van der Waals surface area contributed by atoms with Crippen LogP contribution in [-0.4, -0.2) is 14.4 Å². The van der Waals surface area contributed by atoms with E-state index in [0.29, 0.717) is 0 Å². The molecule has 1 atom stereocenters. The third-order valence-electron chi connectivity index (χ3n) is 3.51. The minimum atomic E-state index is -1.79. The van der Waals surface area contributed by atoms with Gasteiger partial charge in [-0.15, -0.1) is 6.58 Å². The molecule has 0 rings (SSSR count). The first-order valence-electron chi connectivity index (χ1n) is 6.70. The van der Waals surface area contributed by atoms with Gasteiger partial charge in [0.05, 0.1) is 6.10 Å². The molecule has 0 fully saturated rings. The van der Waals surface area contributed by atoms with Crippen LogP contribution in [0, 0.1) is 0 Å². The number of hydrogen-bond acceptors (Lipinski definition) is 2. The van der Waals surface area contributed by atoms with Crippen LogP contribution in [0.5, 0.6) is 0 Å². The van der Waals surface area contributed by atoms with Crippen molar-refractivity contribution in [1.29, 1.82) is 0 Å². The van der Waals surface area contributed by atoms with Gasteiger partial charge in [-0.3, -0.25) is 4.58 Å². The van der Waals surface area contributed by atoms with Gasteiger partial charge in [0.2, 0.25) is 8.32 Å². The third kappa shape index (κ3) is 6.39. The number of rotatable bonds is 8. The summed E-state index contributed by atoms with van der Waals surface area (Å²) in [5.41, 5.74) is 0.